The van der Waals surface area contributed by atoms with Crippen molar-refractivity contribution in [1.82, 2.24) is 10.2 Å². The number of rotatable bonds is 8. The Balaban J connectivity index is 0.00000261. The van der Waals surface area contributed by atoms with E-state index in [1.807, 2.05) is 0 Å². The third-order valence-electron chi connectivity index (χ3n) is 6.23. The maximum atomic E-state index is 6.02. The first-order valence-electron chi connectivity index (χ1n) is 11.0. The van der Waals surface area contributed by atoms with Crippen molar-refractivity contribution in [2.75, 3.05) is 46.0 Å². The van der Waals surface area contributed by atoms with Crippen LogP contribution >= 0.6 is 24.0 Å². The summed E-state index contributed by atoms with van der Waals surface area (Å²) in [5.74, 6) is 1.11. The molecule has 1 N–H and O–H groups in total. The molecule has 2 heterocycles. The highest BCUT2D eigenvalue weighted by molar-refractivity contribution is 14.0. The first kappa shape index (κ1) is 23.2. The Hall–Kier alpha value is -0.0800. The van der Waals surface area contributed by atoms with Crippen molar-refractivity contribution in [2.45, 2.75) is 77.2 Å². The fourth-order valence-corrected chi connectivity index (χ4v) is 4.57. The van der Waals surface area contributed by atoms with E-state index in [9.17, 15) is 0 Å². The molecular weight excluding hydrogens is 453 g/mol. The largest absolute Gasteiger partial charge is 0.381 e. The molecule has 0 aromatic heterocycles. The van der Waals surface area contributed by atoms with Crippen LogP contribution in [0.5, 0.6) is 0 Å². The lowest BCUT2D eigenvalue weighted by atomic mass is 9.87. The SMILES string of the molecule is CCNC(=NCCCCCOC1CCCCC1)N1CCC2(CCOC2)C1.I. The van der Waals surface area contributed by atoms with Gasteiger partial charge in [0, 0.05) is 44.8 Å². The third-order valence-corrected chi connectivity index (χ3v) is 6.23. The van der Waals surface area contributed by atoms with Crippen molar-refractivity contribution >= 4 is 29.9 Å². The Kier molecular flexibility index (Phi) is 10.7. The normalized spacial score (nSPS) is 26.6. The number of ether oxygens (including phenoxy) is 2. The molecule has 0 bridgehead atoms. The Labute approximate surface area is 183 Å². The Morgan fingerprint density at radius 1 is 1.19 bits per heavy atom. The minimum Gasteiger partial charge on any atom is -0.381 e. The van der Waals surface area contributed by atoms with Gasteiger partial charge in [0.2, 0.25) is 0 Å². The Morgan fingerprint density at radius 3 is 2.78 bits per heavy atom. The summed E-state index contributed by atoms with van der Waals surface area (Å²) in [7, 11) is 0. The molecule has 0 aromatic carbocycles. The molecular formula is C21H40IN3O2. The standard InChI is InChI=1S/C21H39N3O2.HI/c1-2-22-20(24-14-11-21(17-24)12-16-25-18-21)23-13-7-4-8-15-26-19-9-5-3-6-10-19;/h19H,2-18H2,1H3,(H,22,23);1H. The van der Waals surface area contributed by atoms with Gasteiger partial charge in [-0.25, -0.2) is 0 Å². The van der Waals surface area contributed by atoms with Crippen molar-refractivity contribution in [3.63, 3.8) is 0 Å². The van der Waals surface area contributed by atoms with Crippen LogP contribution in [-0.2, 0) is 9.47 Å². The smallest absolute Gasteiger partial charge is 0.193 e. The van der Waals surface area contributed by atoms with E-state index in [0.29, 0.717) is 11.5 Å². The highest BCUT2D eigenvalue weighted by Crippen LogP contribution is 2.38. The van der Waals surface area contributed by atoms with Crippen LogP contribution in [0.1, 0.15) is 71.1 Å². The lowest BCUT2D eigenvalue weighted by Gasteiger charge is -2.25. The number of halogens is 1. The van der Waals surface area contributed by atoms with E-state index in [1.54, 1.807) is 0 Å². The van der Waals surface area contributed by atoms with E-state index in [4.69, 9.17) is 14.5 Å². The number of aliphatic imine (C=N–C) groups is 1. The summed E-state index contributed by atoms with van der Waals surface area (Å²) in [6.07, 6.45) is 13.2. The van der Waals surface area contributed by atoms with Gasteiger partial charge in [0.15, 0.2) is 5.96 Å². The van der Waals surface area contributed by atoms with Crippen LogP contribution in [0.4, 0.5) is 0 Å². The number of nitrogens with zero attached hydrogens (tertiary/aromatic N) is 2. The van der Waals surface area contributed by atoms with E-state index >= 15 is 0 Å². The van der Waals surface area contributed by atoms with Crippen LogP contribution < -0.4 is 5.32 Å². The van der Waals surface area contributed by atoms with Crippen LogP contribution in [0.3, 0.4) is 0 Å². The van der Waals surface area contributed by atoms with E-state index < -0.39 is 0 Å². The van der Waals surface area contributed by atoms with Gasteiger partial charge in [-0.15, -0.1) is 24.0 Å². The van der Waals surface area contributed by atoms with Crippen LogP contribution in [-0.4, -0.2) is 63.0 Å². The van der Waals surface area contributed by atoms with Crippen LogP contribution in [0, 0.1) is 5.41 Å². The molecule has 1 atom stereocenters. The number of nitrogens with one attached hydrogen (secondary N) is 1. The molecule has 1 unspecified atom stereocenters. The fourth-order valence-electron chi connectivity index (χ4n) is 4.57. The monoisotopic (exact) mass is 493 g/mol. The highest BCUT2D eigenvalue weighted by Gasteiger charge is 2.42. The first-order chi connectivity index (χ1) is 12.8. The Bertz CT molecular complexity index is 435. The fraction of sp³-hybridized carbons (Fsp3) is 0.952. The van der Waals surface area contributed by atoms with Gasteiger partial charge in [-0.3, -0.25) is 4.99 Å². The molecule has 0 radical (unpaired) electrons. The Morgan fingerprint density at radius 2 is 2.04 bits per heavy atom. The van der Waals surface area contributed by atoms with Gasteiger partial charge in [0.05, 0.1) is 12.7 Å². The maximum Gasteiger partial charge on any atom is 0.193 e. The van der Waals surface area contributed by atoms with Crippen LogP contribution in [0.15, 0.2) is 4.99 Å². The van der Waals surface area contributed by atoms with Crippen molar-refractivity contribution in [3.05, 3.63) is 0 Å². The molecule has 0 amide bonds. The van der Waals surface area contributed by atoms with Gasteiger partial charge in [0.25, 0.3) is 0 Å². The molecule has 3 aliphatic rings. The zero-order chi connectivity index (χ0) is 18.1. The molecule has 1 saturated carbocycles. The summed E-state index contributed by atoms with van der Waals surface area (Å²) >= 11 is 0. The minimum atomic E-state index is 0. The number of hydrogen-bond donors (Lipinski definition) is 1. The maximum absolute atomic E-state index is 6.02. The number of likely N-dealkylation sites (tertiary alicyclic amines) is 1. The molecule has 1 spiro atoms. The molecule has 158 valence electrons. The second-order valence-corrected chi connectivity index (χ2v) is 8.40. The predicted molar refractivity (Wildman–Crippen MR) is 122 cm³/mol. The lowest BCUT2D eigenvalue weighted by molar-refractivity contribution is 0.0264. The number of hydrogen-bond acceptors (Lipinski definition) is 3. The summed E-state index contributed by atoms with van der Waals surface area (Å²) in [5, 5.41) is 3.49. The summed E-state index contributed by atoms with van der Waals surface area (Å²) < 4.78 is 11.7. The second-order valence-electron chi connectivity index (χ2n) is 8.40. The average molecular weight is 493 g/mol. The predicted octanol–water partition coefficient (Wildman–Crippen LogP) is 4.20. The molecule has 2 saturated heterocycles. The molecule has 0 aromatic rings. The molecule has 6 heteroatoms. The summed E-state index contributed by atoms with van der Waals surface area (Å²) in [4.78, 5) is 7.34. The number of unbranched alkanes of at least 4 members (excludes halogenated alkanes) is 2. The third kappa shape index (κ3) is 7.35. The lowest BCUT2D eigenvalue weighted by Crippen LogP contribution is -2.41. The van der Waals surface area contributed by atoms with E-state index in [2.05, 4.69) is 17.1 Å². The summed E-state index contributed by atoms with van der Waals surface area (Å²) in [6.45, 7) is 9.04. The van der Waals surface area contributed by atoms with Gasteiger partial charge in [-0.1, -0.05) is 19.3 Å². The van der Waals surface area contributed by atoms with Gasteiger partial charge in [-0.05, 0) is 51.9 Å². The molecule has 1 aliphatic carbocycles. The van der Waals surface area contributed by atoms with E-state index in [1.165, 1.54) is 57.8 Å². The van der Waals surface area contributed by atoms with Crippen molar-refractivity contribution < 1.29 is 9.47 Å². The van der Waals surface area contributed by atoms with Gasteiger partial charge < -0.3 is 19.7 Å². The molecule has 27 heavy (non-hydrogen) atoms. The minimum absolute atomic E-state index is 0. The van der Waals surface area contributed by atoms with E-state index in [0.717, 1.165) is 58.4 Å². The van der Waals surface area contributed by atoms with Gasteiger partial charge in [0.1, 0.15) is 0 Å². The van der Waals surface area contributed by atoms with Crippen molar-refractivity contribution in [1.29, 1.82) is 0 Å². The molecule has 5 nitrogen and oxygen atoms in total. The van der Waals surface area contributed by atoms with Gasteiger partial charge in [-0.2, -0.15) is 0 Å². The van der Waals surface area contributed by atoms with Crippen molar-refractivity contribution in [2.24, 2.45) is 10.4 Å². The highest BCUT2D eigenvalue weighted by atomic mass is 127. The summed E-state index contributed by atoms with van der Waals surface area (Å²) in [5.41, 5.74) is 0.395. The van der Waals surface area contributed by atoms with E-state index in [-0.39, 0.29) is 24.0 Å². The first-order valence-corrected chi connectivity index (χ1v) is 11.0. The molecule has 3 rings (SSSR count). The van der Waals surface area contributed by atoms with Gasteiger partial charge >= 0.3 is 0 Å². The number of guanidine groups is 1. The zero-order valence-electron chi connectivity index (χ0n) is 17.2. The quantitative estimate of drug-likeness (QED) is 0.238. The average Bonchev–Trinajstić information content (AvgIpc) is 3.31. The second kappa shape index (κ2) is 12.5. The topological polar surface area (TPSA) is 46.1 Å². The van der Waals surface area contributed by atoms with Crippen molar-refractivity contribution in [3.8, 4) is 0 Å². The van der Waals surface area contributed by atoms with Crippen LogP contribution in [0.2, 0.25) is 0 Å². The molecule has 3 fully saturated rings. The zero-order valence-corrected chi connectivity index (χ0v) is 19.5. The van der Waals surface area contributed by atoms with Crippen LogP contribution in [0.25, 0.3) is 0 Å². The summed E-state index contributed by atoms with van der Waals surface area (Å²) in [6, 6.07) is 0. The molecule has 2 aliphatic heterocycles.